The molecule has 1 aromatic heterocycles. The number of anilines is 1. The molecule has 2 aromatic rings. The fourth-order valence-electron chi connectivity index (χ4n) is 1.72. The molecule has 5 heteroatoms. The number of benzene rings is 1. The van der Waals surface area contributed by atoms with Gasteiger partial charge in [0.05, 0.1) is 0 Å². The Labute approximate surface area is 122 Å². The van der Waals surface area contributed by atoms with E-state index in [-0.39, 0.29) is 11.6 Å². The van der Waals surface area contributed by atoms with E-state index < -0.39 is 5.97 Å². The fraction of sp³-hybridized carbons (Fsp3) is 0.0625. The number of carboxylic acids is 1. The summed E-state index contributed by atoms with van der Waals surface area (Å²) in [6.45, 7) is 1.94. The van der Waals surface area contributed by atoms with Crippen LogP contribution in [0.25, 0.3) is 6.08 Å². The number of amides is 1. The summed E-state index contributed by atoms with van der Waals surface area (Å²) in [5.41, 5.74) is 2.64. The van der Waals surface area contributed by atoms with Crippen LogP contribution in [0.5, 0.6) is 0 Å². The first-order valence-corrected chi connectivity index (χ1v) is 6.30. The van der Waals surface area contributed by atoms with Crippen molar-refractivity contribution in [1.82, 2.24) is 4.98 Å². The summed E-state index contributed by atoms with van der Waals surface area (Å²) in [5.74, 6) is -1.34. The fourth-order valence-corrected chi connectivity index (χ4v) is 1.72. The highest BCUT2D eigenvalue weighted by molar-refractivity contribution is 6.02. The lowest BCUT2D eigenvalue weighted by molar-refractivity contribution is -0.131. The number of pyridine rings is 1. The first kappa shape index (κ1) is 14.5. The minimum absolute atomic E-state index is 0.268. The largest absolute Gasteiger partial charge is 0.478 e. The molecule has 2 rings (SSSR count). The molecule has 2 N–H and O–H groups in total. The molecule has 0 fully saturated rings. The number of nitrogens with one attached hydrogen (secondary N) is 1. The number of carboxylic acid groups (broad SMARTS) is 1. The van der Waals surface area contributed by atoms with E-state index in [0.717, 1.165) is 11.6 Å². The smallest absolute Gasteiger partial charge is 0.328 e. The predicted octanol–water partition coefficient (Wildman–Crippen LogP) is 2.74. The summed E-state index contributed by atoms with van der Waals surface area (Å²) in [7, 11) is 0. The van der Waals surface area contributed by atoms with Crippen LogP contribution in [0.3, 0.4) is 0 Å². The third kappa shape index (κ3) is 4.28. The van der Waals surface area contributed by atoms with E-state index in [0.29, 0.717) is 11.3 Å². The predicted molar refractivity (Wildman–Crippen MR) is 80.0 cm³/mol. The Morgan fingerprint density at radius 1 is 1.24 bits per heavy atom. The number of aryl methyl sites for hydroxylation is 1. The van der Waals surface area contributed by atoms with Crippen LogP contribution >= 0.6 is 0 Å². The Balaban J connectivity index is 2.08. The van der Waals surface area contributed by atoms with Crippen molar-refractivity contribution < 1.29 is 14.7 Å². The number of aromatic nitrogens is 1. The van der Waals surface area contributed by atoms with Crippen molar-refractivity contribution in [3.05, 3.63) is 65.5 Å². The summed E-state index contributed by atoms with van der Waals surface area (Å²) >= 11 is 0. The average Bonchev–Trinajstić information content (AvgIpc) is 2.45. The molecule has 0 spiro atoms. The van der Waals surface area contributed by atoms with Crippen molar-refractivity contribution in [3.8, 4) is 0 Å². The van der Waals surface area contributed by atoms with E-state index in [1.165, 1.54) is 12.3 Å². The van der Waals surface area contributed by atoms with Gasteiger partial charge >= 0.3 is 5.97 Å². The quantitative estimate of drug-likeness (QED) is 0.845. The van der Waals surface area contributed by atoms with E-state index in [2.05, 4.69) is 10.3 Å². The summed E-state index contributed by atoms with van der Waals surface area (Å²) in [6, 6.07) is 10.6. The maximum atomic E-state index is 12.0. The molecule has 0 saturated heterocycles. The zero-order valence-corrected chi connectivity index (χ0v) is 11.4. The average molecular weight is 282 g/mol. The second-order valence-corrected chi connectivity index (χ2v) is 4.47. The molecular weight excluding hydrogens is 268 g/mol. The van der Waals surface area contributed by atoms with Gasteiger partial charge in [-0.3, -0.25) is 9.78 Å². The first-order valence-electron chi connectivity index (χ1n) is 6.30. The number of hydrogen-bond donors (Lipinski definition) is 2. The van der Waals surface area contributed by atoms with Gasteiger partial charge in [0, 0.05) is 18.0 Å². The van der Waals surface area contributed by atoms with Gasteiger partial charge in [-0.15, -0.1) is 0 Å². The van der Waals surface area contributed by atoms with Crippen LogP contribution in [-0.2, 0) is 4.79 Å². The second kappa shape index (κ2) is 6.47. The van der Waals surface area contributed by atoms with Gasteiger partial charge in [0.25, 0.3) is 5.91 Å². The highest BCUT2D eigenvalue weighted by atomic mass is 16.4. The molecule has 0 unspecified atom stereocenters. The van der Waals surface area contributed by atoms with Crippen molar-refractivity contribution in [2.75, 3.05) is 5.32 Å². The molecule has 0 aliphatic heterocycles. The van der Waals surface area contributed by atoms with Crippen molar-refractivity contribution in [2.45, 2.75) is 6.92 Å². The molecule has 0 atom stereocenters. The standard InChI is InChI=1S/C16H14N2O3/c1-11-3-2-4-13(9-11)18-16(21)14-7-5-12(10-17-14)6-8-15(19)20/h2-10H,1H3,(H,18,21)(H,19,20). The minimum atomic E-state index is -1.03. The molecule has 21 heavy (non-hydrogen) atoms. The number of carbonyl (C=O) groups excluding carboxylic acids is 1. The zero-order valence-electron chi connectivity index (χ0n) is 11.4. The highest BCUT2D eigenvalue weighted by Gasteiger charge is 2.07. The van der Waals surface area contributed by atoms with E-state index >= 15 is 0 Å². The molecule has 1 amide bonds. The van der Waals surface area contributed by atoms with E-state index in [4.69, 9.17) is 5.11 Å². The molecule has 106 valence electrons. The lowest BCUT2D eigenvalue weighted by atomic mass is 10.2. The topological polar surface area (TPSA) is 79.3 Å². The number of nitrogens with zero attached hydrogens (tertiary/aromatic N) is 1. The van der Waals surface area contributed by atoms with Gasteiger partial charge in [0.15, 0.2) is 0 Å². The van der Waals surface area contributed by atoms with E-state index in [9.17, 15) is 9.59 Å². The van der Waals surface area contributed by atoms with Gasteiger partial charge in [-0.2, -0.15) is 0 Å². The molecular formula is C16H14N2O3. The van der Waals surface area contributed by atoms with Crippen LogP contribution < -0.4 is 5.32 Å². The van der Waals surface area contributed by atoms with Crippen LogP contribution in [0.15, 0.2) is 48.7 Å². The molecule has 0 aliphatic rings. The molecule has 0 radical (unpaired) electrons. The molecule has 0 aliphatic carbocycles. The molecule has 1 heterocycles. The normalized spacial score (nSPS) is 10.5. The minimum Gasteiger partial charge on any atom is -0.478 e. The van der Waals surface area contributed by atoms with Crippen LogP contribution in [0.1, 0.15) is 21.6 Å². The van der Waals surface area contributed by atoms with Crippen molar-refractivity contribution in [3.63, 3.8) is 0 Å². The van der Waals surface area contributed by atoms with Gasteiger partial charge < -0.3 is 10.4 Å². The van der Waals surface area contributed by atoms with Gasteiger partial charge in [-0.1, -0.05) is 18.2 Å². The lowest BCUT2D eigenvalue weighted by Gasteiger charge is -2.05. The SMILES string of the molecule is Cc1cccc(NC(=O)c2ccc(C=CC(=O)O)cn2)c1. The van der Waals surface area contributed by atoms with Crippen molar-refractivity contribution in [1.29, 1.82) is 0 Å². The van der Waals surface area contributed by atoms with Crippen LogP contribution in [0.4, 0.5) is 5.69 Å². The number of aliphatic carboxylic acids is 1. The molecule has 5 nitrogen and oxygen atoms in total. The Morgan fingerprint density at radius 2 is 2.05 bits per heavy atom. The Morgan fingerprint density at radius 3 is 2.67 bits per heavy atom. The summed E-state index contributed by atoms with van der Waals surface area (Å²) in [6.07, 6.45) is 3.88. The number of hydrogen-bond acceptors (Lipinski definition) is 3. The lowest BCUT2D eigenvalue weighted by Crippen LogP contribution is -2.13. The van der Waals surface area contributed by atoms with Crippen LogP contribution in [0, 0.1) is 6.92 Å². The Hall–Kier alpha value is -2.95. The van der Waals surface area contributed by atoms with Gasteiger partial charge in [0.1, 0.15) is 5.69 Å². The van der Waals surface area contributed by atoms with E-state index in [1.54, 1.807) is 18.2 Å². The maximum absolute atomic E-state index is 12.0. The van der Waals surface area contributed by atoms with Crippen molar-refractivity contribution in [2.24, 2.45) is 0 Å². The first-order chi connectivity index (χ1) is 10.0. The highest BCUT2D eigenvalue weighted by Crippen LogP contribution is 2.11. The molecule has 0 saturated carbocycles. The van der Waals surface area contributed by atoms with Crippen LogP contribution in [-0.4, -0.2) is 22.0 Å². The summed E-state index contributed by atoms with van der Waals surface area (Å²) in [4.78, 5) is 26.4. The Bertz CT molecular complexity index is 691. The summed E-state index contributed by atoms with van der Waals surface area (Å²) in [5, 5.41) is 11.3. The third-order valence-electron chi connectivity index (χ3n) is 2.71. The monoisotopic (exact) mass is 282 g/mol. The molecule has 0 bridgehead atoms. The molecule has 1 aromatic carbocycles. The maximum Gasteiger partial charge on any atom is 0.328 e. The zero-order chi connectivity index (χ0) is 15.2. The van der Waals surface area contributed by atoms with Gasteiger partial charge in [-0.05, 0) is 42.3 Å². The second-order valence-electron chi connectivity index (χ2n) is 4.47. The summed E-state index contributed by atoms with van der Waals surface area (Å²) < 4.78 is 0. The van der Waals surface area contributed by atoms with Gasteiger partial charge in [0.2, 0.25) is 0 Å². The number of carbonyl (C=O) groups is 2. The van der Waals surface area contributed by atoms with Gasteiger partial charge in [-0.25, -0.2) is 4.79 Å². The Kier molecular flexibility index (Phi) is 4.46. The van der Waals surface area contributed by atoms with Crippen LogP contribution in [0.2, 0.25) is 0 Å². The van der Waals surface area contributed by atoms with E-state index in [1.807, 2.05) is 25.1 Å². The third-order valence-corrected chi connectivity index (χ3v) is 2.71. The van der Waals surface area contributed by atoms with Crippen molar-refractivity contribution >= 4 is 23.6 Å². The number of rotatable bonds is 4.